The van der Waals surface area contributed by atoms with E-state index < -0.39 is 0 Å². The number of nitrogens with one attached hydrogen (secondary N) is 2. The summed E-state index contributed by atoms with van der Waals surface area (Å²) in [4.78, 5) is 12.9. The average Bonchev–Trinajstić information content (AvgIpc) is 2.75. The first-order chi connectivity index (χ1) is 14.7. The zero-order valence-corrected chi connectivity index (χ0v) is 17.9. The van der Waals surface area contributed by atoms with Crippen LogP contribution in [-0.4, -0.2) is 34.3 Å². The Kier molecular flexibility index (Phi) is 7.97. The van der Waals surface area contributed by atoms with Crippen LogP contribution in [0.15, 0.2) is 55.0 Å². The van der Waals surface area contributed by atoms with Crippen LogP contribution in [0.2, 0.25) is 0 Å². The summed E-state index contributed by atoms with van der Waals surface area (Å²) in [5, 5.41) is 6.53. The van der Waals surface area contributed by atoms with E-state index in [1.165, 1.54) is 12.1 Å². The molecule has 7 nitrogen and oxygen atoms in total. The van der Waals surface area contributed by atoms with Crippen LogP contribution in [-0.2, 0) is 4.74 Å². The van der Waals surface area contributed by atoms with Crippen molar-refractivity contribution in [1.82, 2.24) is 15.0 Å². The average molecular weight is 446 g/mol. The third-order valence-corrected chi connectivity index (χ3v) is 4.82. The molecule has 0 unspecified atom stereocenters. The van der Waals surface area contributed by atoms with E-state index >= 15 is 0 Å². The third kappa shape index (κ3) is 6.50. The van der Waals surface area contributed by atoms with Gasteiger partial charge in [0.05, 0.1) is 19.4 Å². The fraction of sp³-hybridized carbons (Fsp3) is 0.318. The molecule has 1 aliphatic rings. The first-order valence-corrected chi connectivity index (χ1v) is 9.97. The number of hydrogen-bond acceptors (Lipinski definition) is 7. The van der Waals surface area contributed by atoms with Crippen molar-refractivity contribution in [1.29, 1.82) is 0 Å². The number of halogens is 2. The highest BCUT2D eigenvalue weighted by molar-refractivity contribution is 5.85. The Labute approximate surface area is 186 Å². The monoisotopic (exact) mass is 445 g/mol. The summed E-state index contributed by atoms with van der Waals surface area (Å²) in [5.41, 5.74) is 0.956. The molecule has 1 atom stereocenters. The maximum absolute atomic E-state index is 13.2. The van der Waals surface area contributed by atoms with E-state index in [0.717, 1.165) is 18.4 Å². The molecule has 0 saturated carbocycles. The number of pyridine rings is 1. The summed E-state index contributed by atoms with van der Waals surface area (Å²) in [6.07, 6.45) is 6.66. The van der Waals surface area contributed by atoms with E-state index in [4.69, 9.17) is 9.47 Å². The zero-order chi connectivity index (χ0) is 20.8. The van der Waals surface area contributed by atoms with Crippen molar-refractivity contribution >= 4 is 29.9 Å². The lowest BCUT2D eigenvalue weighted by molar-refractivity contribution is 0.0256. The van der Waals surface area contributed by atoms with E-state index in [9.17, 15) is 4.39 Å². The molecule has 0 bridgehead atoms. The molecule has 2 N–H and O–H groups in total. The van der Waals surface area contributed by atoms with Gasteiger partial charge in [-0.1, -0.05) is 12.1 Å². The van der Waals surface area contributed by atoms with Gasteiger partial charge in [0, 0.05) is 43.4 Å². The van der Waals surface area contributed by atoms with Crippen LogP contribution >= 0.6 is 12.4 Å². The smallest absolute Gasteiger partial charge is 0.150 e. The number of nitrogens with zero attached hydrogens (tertiary/aromatic N) is 3. The number of anilines is 3. The normalized spacial score (nSPS) is 14.9. The van der Waals surface area contributed by atoms with Gasteiger partial charge in [-0.15, -0.1) is 12.4 Å². The van der Waals surface area contributed by atoms with Crippen molar-refractivity contribution < 1.29 is 13.9 Å². The summed E-state index contributed by atoms with van der Waals surface area (Å²) in [5.74, 6) is 2.27. The summed E-state index contributed by atoms with van der Waals surface area (Å²) in [7, 11) is 0. The van der Waals surface area contributed by atoms with E-state index in [1.54, 1.807) is 30.7 Å². The number of benzene rings is 1. The first kappa shape index (κ1) is 22.7. The second-order valence-corrected chi connectivity index (χ2v) is 7.14. The highest BCUT2D eigenvalue weighted by Crippen LogP contribution is 2.28. The fourth-order valence-electron chi connectivity index (χ4n) is 3.25. The SMILES string of the molecule is C[C@H](Nc1cc(OC2CCOCC2)cc(Nc2cnccn2)n1)c1ccc(F)cc1.Cl. The molecule has 1 saturated heterocycles. The van der Waals surface area contributed by atoms with Crippen LogP contribution in [0.3, 0.4) is 0 Å². The van der Waals surface area contributed by atoms with Gasteiger partial charge in [-0.3, -0.25) is 4.98 Å². The van der Waals surface area contributed by atoms with Gasteiger partial charge in [0.15, 0.2) is 0 Å². The van der Waals surface area contributed by atoms with Crippen molar-refractivity contribution in [2.75, 3.05) is 23.8 Å². The van der Waals surface area contributed by atoms with E-state index in [0.29, 0.717) is 36.4 Å². The minimum absolute atomic E-state index is 0. The summed E-state index contributed by atoms with van der Waals surface area (Å²) in [6.45, 7) is 3.40. The summed E-state index contributed by atoms with van der Waals surface area (Å²) >= 11 is 0. The van der Waals surface area contributed by atoms with Crippen molar-refractivity contribution in [3.63, 3.8) is 0 Å². The molecule has 1 aromatic carbocycles. The number of aromatic nitrogens is 3. The molecule has 31 heavy (non-hydrogen) atoms. The molecule has 1 aliphatic heterocycles. The Morgan fingerprint density at radius 1 is 1.06 bits per heavy atom. The van der Waals surface area contributed by atoms with Crippen LogP contribution < -0.4 is 15.4 Å². The molecule has 0 aliphatic carbocycles. The van der Waals surface area contributed by atoms with Crippen molar-refractivity contribution in [2.45, 2.75) is 31.9 Å². The minimum atomic E-state index is -0.258. The van der Waals surface area contributed by atoms with Crippen molar-refractivity contribution in [2.24, 2.45) is 0 Å². The number of ether oxygens (including phenoxy) is 2. The predicted octanol–water partition coefficient (Wildman–Crippen LogP) is 4.91. The molecule has 3 heterocycles. The summed E-state index contributed by atoms with van der Waals surface area (Å²) < 4.78 is 24.8. The third-order valence-electron chi connectivity index (χ3n) is 4.82. The molecule has 0 spiro atoms. The van der Waals surface area contributed by atoms with Gasteiger partial charge in [0.2, 0.25) is 0 Å². The maximum atomic E-state index is 13.2. The topological polar surface area (TPSA) is 81.2 Å². The molecule has 0 amide bonds. The first-order valence-electron chi connectivity index (χ1n) is 9.97. The van der Waals surface area contributed by atoms with Gasteiger partial charge < -0.3 is 20.1 Å². The Morgan fingerprint density at radius 2 is 1.81 bits per heavy atom. The summed E-state index contributed by atoms with van der Waals surface area (Å²) in [6, 6.07) is 10.1. The Hall–Kier alpha value is -2.97. The lowest BCUT2D eigenvalue weighted by atomic mass is 10.1. The van der Waals surface area contributed by atoms with E-state index in [-0.39, 0.29) is 30.4 Å². The fourth-order valence-corrected chi connectivity index (χ4v) is 3.25. The standard InChI is InChI=1S/C22H24FN5O2.ClH/c1-15(16-2-4-17(23)5-3-16)26-20-12-19(30-18-6-10-29-11-7-18)13-21(27-20)28-22-14-24-8-9-25-22;/h2-5,8-9,12-15,18H,6-7,10-11H2,1H3,(H2,25,26,27,28);1H/t15-;/m0./s1. The van der Waals surface area contributed by atoms with Crippen LogP contribution in [0.1, 0.15) is 31.4 Å². The molecule has 2 aromatic heterocycles. The van der Waals surface area contributed by atoms with Gasteiger partial charge in [-0.05, 0) is 24.6 Å². The van der Waals surface area contributed by atoms with Crippen molar-refractivity contribution in [3.05, 3.63) is 66.4 Å². The van der Waals surface area contributed by atoms with Crippen LogP contribution in [0, 0.1) is 5.82 Å². The number of rotatable bonds is 7. The Balaban J connectivity index is 0.00000272. The number of hydrogen-bond donors (Lipinski definition) is 2. The second-order valence-electron chi connectivity index (χ2n) is 7.14. The molecular weight excluding hydrogens is 421 g/mol. The van der Waals surface area contributed by atoms with Crippen molar-refractivity contribution in [3.8, 4) is 5.75 Å². The Morgan fingerprint density at radius 3 is 2.52 bits per heavy atom. The van der Waals surface area contributed by atoms with E-state index in [1.807, 2.05) is 19.1 Å². The molecule has 164 valence electrons. The van der Waals surface area contributed by atoms with Crippen LogP contribution in [0.4, 0.5) is 21.8 Å². The minimum Gasteiger partial charge on any atom is -0.490 e. The van der Waals surface area contributed by atoms with Gasteiger partial charge in [0.25, 0.3) is 0 Å². The highest BCUT2D eigenvalue weighted by atomic mass is 35.5. The van der Waals surface area contributed by atoms with Gasteiger partial charge in [-0.25, -0.2) is 14.4 Å². The predicted molar refractivity (Wildman–Crippen MR) is 120 cm³/mol. The van der Waals surface area contributed by atoms with Crippen LogP contribution in [0.5, 0.6) is 5.75 Å². The van der Waals surface area contributed by atoms with E-state index in [2.05, 4.69) is 25.6 Å². The van der Waals surface area contributed by atoms with Gasteiger partial charge in [-0.2, -0.15) is 0 Å². The largest absolute Gasteiger partial charge is 0.490 e. The van der Waals surface area contributed by atoms with Gasteiger partial charge >= 0.3 is 0 Å². The lowest BCUT2D eigenvalue weighted by Crippen LogP contribution is -2.26. The lowest BCUT2D eigenvalue weighted by Gasteiger charge is -2.24. The quantitative estimate of drug-likeness (QED) is 0.534. The molecular formula is C22H25ClFN5O2. The van der Waals surface area contributed by atoms with Gasteiger partial charge in [0.1, 0.15) is 35.1 Å². The Bertz CT molecular complexity index is 956. The van der Waals surface area contributed by atoms with Crippen LogP contribution in [0.25, 0.3) is 0 Å². The second kappa shape index (κ2) is 10.9. The molecule has 9 heteroatoms. The molecule has 4 rings (SSSR count). The maximum Gasteiger partial charge on any atom is 0.150 e. The highest BCUT2D eigenvalue weighted by Gasteiger charge is 2.17. The zero-order valence-electron chi connectivity index (χ0n) is 17.1. The molecule has 1 fully saturated rings. The molecule has 3 aromatic rings. The molecule has 0 radical (unpaired) electrons.